The Morgan fingerprint density at radius 1 is 0.484 bits per heavy atom. The molecule has 2 unspecified atom stereocenters. The average Bonchev–Trinajstić information content (AvgIpc) is 3.23. The molecule has 1 N–H and O–H groups in total. The first-order chi connectivity index (χ1) is 30.0. The second kappa shape index (κ2) is 44.9. The predicted octanol–water partition coefficient (Wildman–Crippen LogP) is 15.7. The van der Waals surface area contributed by atoms with Crippen LogP contribution in [0.3, 0.4) is 0 Å². The molecule has 0 rings (SSSR count). The molecule has 0 aromatic rings. The summed E-state index contributed by atoms with van der Waals surface area (Å²) >= 11 is 0. The van der Waals surface area contributed by atoms with Crippen molar-refractivity contribution in [3.63, 3.8) is 0 Å². The highest BCUT2D eigenvalue weighted by atomic mass is 31.2. The van der Waals surface area contributed by atoms with Gasteiger partial charge in [-0.25, -0.2) is 4.57 Å². The summed E-state index contributed by atoms with van der Waals surface area (Å²) in [7, 11) is 1.49. The van der Waals surface area contributed by atoms with E-state index in [4.69, 9.17) is 18.5 Å². The average molecular weight is 901 g/mol. The molecule has 0 aromatic heterocycles. The molecule has 2 atom stereocenters. The minimum absolute atomic E-state index is 0.0335. The molecule has 0 bridgehead atoms. The molecule has 0 amide bonds. The van der Waals surface area contributed by atoms with Crippen molar-refractivity contribution in [2.24, 2.45) is 0 Å². The number of hydrogen-bond donors (Lipinski definition) is 1. The second-order valence-corrected chi connectivity index (χ2v) is 20.7. The first-order valence-electron chi connectivity index (χ1n) is 26.4. The lowest BCUT2D eigenvalue weighted by molar-refractivity contribution is -0.870. The van der Waals surface area contributed by atoms with Crippen molar-refractivity contribution in [3.05, 3.63) is 12.2 Å². The van der Waals surface area contributed by atoms with Gasteiger partial charge in [0.2, 0.25) is 0 Å². The maximum absolute atomic E-state index is 12.7. The van der Waals surface area contributed by atoms with Gasteiger partial charge in [0.05, 0.1) is 27.7 Å². The van der Waals surface area contributed by atoms with E-state index in [1.54, 1.807) is 0 Å². The van der Waals surface area contributed by atoms with E-state index in [0.717, 1.165) is 51.4 Å². The van der Waals surface area contributed by atoms with E-state index in [-0.39, 0.29) is 25.6 Å². The quantitative estimate of drug-likeness (QED) is 0.0211. The molecule has 0 radical (unpaired) electrons. The molecule has 10 heteroatoms. The van der Waals surface area contributed by atoms with Crippen LogP contribution in [0.5, 0.6) is 0 Å². The van der Waals surface area contributed by atoms with Crippen LogP contribution < -0.4 is 0 Å². The van der Waals surface area contributed by atoms with Crippen LogP contribution in [0.2, 0.25) is 0 Å². The number of quaternary nitrogens is 1. The highest BCUT2D eigenvalue weighted by Crippen LogP contribution is 2.43. The second-order valence-electron chi connectivity index (χ2n) is 19.3. The summed E-state index contributed by atoms with van der Waals surface area (Å²) in [6.07, 6.45) is 49.9. The molecule has 9 nitrogen and oxygen atoms in total. The van der Waals surface area contributed by atoms with E-state index < -0.39 is 26.5 Å². The maximum Gasteiger partial charge on any atom is 0.472 e. The fourth-order valence-corrected chi connectivity index (χ4v) is 8.40. The largest absolute Gasteiger partial charge is 0.472 e. The van der Waals surface area contributed by atoms with E-state index in [9.17, 15) is 19.0 Å². The van der Waals surface area contributed by atoms with Gasteiger partial charge in [0.1, 0.15) is 19.8 Å². The third-order valence-corrected chi connectivity index (χ3v) is 12.8. The molecule has 0 saturated carbocycles. The van der Waals surface area contributed by atoms with Crippen LogP contribution in [0.15, 0.2) is 12.2 Å². The zero-order valence-electron chi connectivity index (χ0n) is 41.6. The molecule has 0 aliphatic carbocycles. The van der Waals surface area contributed by atoms with Gasteiger partial charge < -0.3 is 18.9 Å². The fourth-order valence-electron chi connectivity index (χ4n) is 7.66. The van der Waals surface area contributed by atoms with E-state index in [1.807, 2.05) is 21.1 Å². The SMILES string of the molecule is CCCCCCC/C=C\CCCCCCCC(=O)OC(COC(=O)CCCCCCCCCCCCCCCCCCCCCCCCCC)COP(=O)(O)OCC[N+](C)(C)C. The van der Waals surface area contributed by atoms with E-state index in [0.29, 0.717) is 23.9 Å². The van der Waals surface area contributed by atoms with Crippen molar-refractivity contribution in [2.75, 3.05) is 47.5 Å². The number of allylic oxidation sites excluding steroid dienone is 2. The topological polar surface area (TPSA) is 108 Å². The smallest absolute Gasteiger partial charge is 0.462 e. The summed E-state index contributed by atoms with van der Waals surface area (Å²) < 4.78 is 34.4. The number of nitrogens with zero attached hydrogens (tertiary/aromatic N) is 1. The summed E-state index contributed by atoms with van der Waals surface area (Å²) in [5.41, 5.74) is 0. The van der Waals surface area contributed by atoms with Gasteiger partial charge in [0.15, 0.2) is 6.10 Å². The summed E-state index contributed by atoms with van der Waals surface area (Å²) in [4.78, 5) is 35.5. The summed E-state index contributed by atoms with van der Waals surface area (Å²) in [5.74, 6) is -0.793. The van der Waals surface area contributed by atoms with Crippen LogP contribution in [0.1, 0.15) is 258 Å². The zero-order valence-corrected chi connectivity index (χ0v) is 42.5. The molecule has 0 saturated heterocycles. The van der Waals surface area contributed by atoms with Crippen molar-refractivity contribution in [2.45, 2.75) is 264 Å². The number of phosphoric acid groups is 1. The number of hydrogen-bond acceptors (Lipinski definition) is 7. The van der Waals surface area contributed by atoms with Crippen LogP contribution in [0.4, 0.5) is 0 Å². The van der Waals surface area contributed by atoms with Crippen LogP contribution in [-0.2, 0) is 32.7 Å². The molecule has 0 spiro atoms. The Bertz CT molecular complexity index is 1060. The molecule has 0 aromatic carbocycles. The highest BCUT2D eigenvalue weighted by molar-refractivity contribution is 7.47. The van der Waals surface area contributed by atoms with E-state index >= 15 is 0 Å². The minimum Gasteiger partial charge on any atom is -0.462 e. The predicted molar refractivity (Wildman–Crippen MR) is 261 cm³/mol. The Labute approximate surface area is 384 Å². The lowest BCUT2D eigenvalue weighted by Crippen LogP contribution is -2.37. The zero-order chi connectivity index (χ0) is 45.7. The van der Waals surface area contributed by atoms with Crippen LogP contribution >= 0.6 is 7.82 Å². The molecule has 62 heavy (non-hydrogen) atoms. The lowest BCUT2D eigenvalue weighted by Gasteiger charge is -2.24. The normalized spacial score (nSPS) is 13.5. The standard InChI is InChI=1S/C52H102NO8P/c1-6-8-10-12-14-16-18-20-22-23-24-25-26-27-28-29-30-31-33-34-36-38-40-42-44-51(54)58-48-50(49-60-62(56,57)59-47-46-53(3,4)5)61-52(55)45-43-41-39-37-35-32-21-19-17-15-13-11-9-7-2/h19,21,50H,6-18,20,22-49H2,1-5H3/p+1/b21-19-. The molecule has 0 aliphatic rings. The third-order valence-electron chi connectivity index (χ3n) is 11.8. The number of carbonyl (C=O) groups is 2. The van der Waals surface area contributed by atoms with Crippen molar-refractivity contribution >= 4 is 19.8 Å². The molecular formula is C52H103NO8P+. The van der Waals surface area contributed by atoms with E-state index in [1.165, 1.54) is 173 Å². The number of esters is 2. The number of rotatable bonds is 49. The monoisotopic (exact) mass is 901 g/mol. The minimum atomic E-state index is -4.38. The fraction of sp³-hybridized carbons (Fsp3) is 0.923. The van der Waals surface area contributed by atoms with Crippen molar-refractivity contribution in [1.29, 1.82) is 0 Å². The summed E-state index contributed by atoms with van der Waals surface area (Å²) in [6, 6.07) is 0. The van der Waals surface area contributed by atoms with Crippen LogP contribution in [0.25, 0.3) is 0 Å². The Kier molecular flexibility index (Phi) is 44.0. The van der Waals surface area contributed by atoms with Gasteiger partial charge in [-0.3, -0.25) is 18.6 Å². The maximum atomic E-state index is 12.7. The number of phosphoric ester groups is 1. The van der Waals surface area contributed by atoms with Gasteiger partial charge in [-0.15, -0.1) is 0 Å². The van der Waals surface area contributed by atoms with Crippen molar-refractivity contribution in [1.82, 2.24) is 0 Å². The third kappa shape index (κ3) is 48.2. The highest BCUT2D eigenvalue weighted by Gasteiger charge is 2.27. The lowest BCUT2D eigenvalue weighted by atomic mass is 10.0. The van der Waals surface area contributed by atoms with Crippen molar-refractivity contribution < 1.29 is 42.1 Å². The number of ether oxygens (including phenoxy) is 2. The van der Waals surface area contributed by atoms with E-state index in [2.05, 4.69) is 26.0 Å². The Hall–Kier alpha value is -1.25. The van der Waals surface area contributed by atoms with Crippen LogP contribution in [-0.4, -0.2) is 74.9 Å². The van der Waals surface area contributed by atoms with Gasteiger partial charge >= 0.3 is 19.8 Å². The van der Waals surface area contributed by atoms with Crippen molar-refractivity contribution in [3.8, 4) is 0 Å². The Morgan fingerprint density at radius 2 is 0.823 bits per heavy atom. The molecule has 0 aliphatic heterocycles. The summed E-state index contributed by atoms with van der Waals surface area (Å²) in [6.45, 7) is 4.45. The van der Waals surface area contributed by atoms with Gasteiger partial charge in [0, 0.05) is 12.8 Å². The summed E-state index contributed by atoms with van der Waals surface area (Å²) in [5, 5.41) is 0. The number of likely N-dealkylation sites (N-methyl/N-ethyl adjacent to an activating group) is 1. The molecule has 368 valence electrons. The van der Waals surface area contributed by atoms with Gasteiger partial charge in [-0.1, -0.05) is 219 Å². The number of unbranched alkanes of at least 4 members (excludes halogenated alkanes) is 33. The Balaban J connectivity index is 4.13. The molecule has 0 heterocycles. The number of carbonyl (C=O) groups excluding carboxylic acids is 2. The van der Waals surface area contributed by atoms with Crippen LogP contribution in [0, 0.1) is 0 Å². The first-order valence-corrected chi connectivity index (χ1v) is 27.9. The first kappa shape index (κ1) is 60.8. The molecular weight excluding hydrogens is 798 g/mol. The van der Waals surface area contributed by atoms with Gasteiger partial charge in [-0.05, 0) is 38.5 Å². The molecule has 0 fully saturated rings. The van der Waals surface area contributed by atoms with Gasteiger partial charge in [-0.2, -0.15) is 0 Å². The van der Waals surface area contributed by atoms with Gasteiger partial charge in [0.25, 0.3) is 0 Å². The Morgan fingerprint density at radius 3 is 1.19 bits per heavy atom.